The van der Waals surface area contributed by atoms with E-state index in [9.17, 15) is 14.0 Å². The largest absolute Gasteiger partial charge is 0.480 e. The molecule has 0 bridgehead atoms. The number of hydrogen-bond donors (Lipinski definition) is 3. The molecule has 1 aromatic rings. The van der Waals surface area contributed by atoms with Crippen molar-refractivity contribution >= 4 is 24.5 Å². The quantitative estimate of drug-likeness (QED) is 0.713. The van der Waals surface area contributed by atoms with Crippen molar-refractivity contribution in [2.75, 3.05) is 5.75 Å². The molecule has 0 saturated heterocycles. The number of aliphatic carboxylic acids is 1. The minimum atomic E-state index is -1.16. The standard InChI is InChI=1S/C12H14FNO3S/c1-7-2-3-8(9(13)6-7)11(15)14-10(4-5-18)12(16)17/h2-3,6,10,18H,4-5H2,1H3,(H,14,15)(H,16,17). The number of hydrogen-bond acceptors (Lipinski definition) is 3. The van der Waals surface area contributed by atoms with Crippen molar-refractivity contribution in [3.05, 3.63) is 35.1 Å². The number of carboxylic acid groups (broad SMARTS) is 1. The lowest BCUT2D eigenvalue weighted by atomic mass is 10.1. The Morgan fingerprint density at radius 1 is 1.50 bits per heavy atom. The van der Waals surface area contributed by atoms with Crippen LogP contribution in [-0.2, 0) is 4.79 Å². The molecule has 98 valence electrons. The minimum absolute atomic E-state index is 0.161. The summed E-state index contributed by atoms with van der Waals surface area (Å²) in [7, 11) is 0. The number of amides is 1. The Kier molecular flexibility index (Phi) is 5.15. The number of carbonyl (C=O) groups is 2. The van der Waals surface area contributed by atoms with E-state index in [-0.39, 0.29) is 12.0 Å². The van der Waals surface area contributed by atoms with E-state index in [1.807, 2.05) is 0 Å². The zero-order valence-corrected chi connectivity index (χ0v) is 10.7. The molecule has 0 spiro atoms. The highest BCUT2D eigenvalue weighted by Crippen LogP contribution is 2.10. The lowest BCUT2D eigenvalue weighted by Crippen LogP contribution is -2.41. The molecule has 1 amide bonds. The maximum atomic E-state index is 13.5. The third kappa shape index (κ3) is 3.73. The number of carboxylic acids is 1. The number of aryl methyl sites for hydroxylation is 1. The molecule has 0 radical (unpaired) electrons. The molecule has 1 atom stereocenters. The van der Waals surface area contributed by atoms with Crippen molar-refractivity contribution in [2.24, 2.45) is 0 Å². The number of thiol groups is 1. The van der Waals surface area contributed by atoms with E-state index in [0.717, 1.165) is 0 Å². The van der Waals surface area contributed by atoms with Crippen molar-refractivity contribution in [2.45, 2.75) is 19.4 Å². The molecular weight excluding hydrogens is 257 g/mol. The van der Waals surface area contributed by atoms with Crippen LogP contribution in [0, 0.1) is 12.7 Å². The smallest absolute Gasteiger partial charge is 0.326 e. The highest BCUT2D eigenvalue weighted by molar-refractivity contribution is 7.80. The van der Waals surface area contributed by atoms with Gasteiger partial charge in [0.25, 0.3) is 5.91 Å². The second-order valence-corrected chi connectivity index (χ2v) is 4.31. The predicted molar refractivity (Wildman–Crippen MR) is 68.5 cm³/mol. The fraction of sp³-hybridized carbons (Fsp3) is 0.333. The highest BCUT2D eigenvalue weighted by atomic mass is 32.1. The van der Waals surface area contributed by atoms with E-state index < -0.39 is 23.7 Å². The molecule has 18 heavy (non-hydrogen) atoms. The lowest BCUT2D eigenvalue weighted by Gasteiger charge is -2.13. The number of carbonyl (C=O) groups excluding carboxylic acids is 1. The number of halogens is 1. The topological polar surface area (TPSA) is 66.4 Å². The van der Waals surface area contributed by atoms with Gasteiger partial charge in [0, 0.05) is 0 Å². The minimum Gasteiger partial charge on any atom is -0.480 e. The Balaban J connectivity index is 2.83. The van der Waals surface area contributed by atoms with Crippen LogP contribution in [0.4, 0.5) is 4.39 Å². The first-order valence-corrected chi connectivity index (χ1v) is 5.99. The second kappa shape index (κ2) is 6.39. The first-order valence-electron chi connectivity index (χ1n) is 5.36. The van der Waals surface area contributed by atoms with Gasteiger partial charge < -0.3 is 10.4 Å². The SMILES string of the molecule is Cc1ccc(C(=O)NC(CCS)C(=O)O)c(F)c1. The van der Waals surface area contributed by atoms with Crippen molar-refractivity contribution in [3.63, 3.8) is 0 Å². The van der Waals surface area contributed by atoms with E-state index in [2.05, 4.69) is 17.9 Å². The molecule has 0 fully saturated rings. The molecule has 0 aromatic heterocycles. The van der Waals surface area contributed by atoms with Crippen molar-refractivity contribution < 1.29 is 19.1 Å². The van der Waals surface area contributed by atoms with Gasteiger partial charge in [-0.1, -0.05) is 6.07 Å². The molecule has 1 unspecified atom stereocenters. The van der Waals surface area contributed by atoms with E-state index in [0.29, 0.717) is 11.3 Å². The summed E-state index contributed by atoms with van der Waals surface area (Å²) in [5.74, 6) is -2.25. The zero-order chi connectivity index (χ0) is 13.7. The van der Waals surface area contributed by atoms with Gasteiger partial charge in [0.1, 0.15) is 11.9 Å². The zero-order valence-electron chi connectivity index (χ0n) is 9.81. The van der Waals surface area contributed by atoms with Crippen LogP contribution in [0.3, 0.4) is 0 Å². The maximum Gasteiger partial charge on any atom is 0.326 e. The number of nitrogens with one attached hydrogen (secondary N) is 1. The fourth-order valence-corrected chi connectivity index (χ4v) is 1.68. The molecule has 0 aliphatic rings. The summed E-state index contributed by atoms with van der Waals surface area (Å²) in [5.41, 5.74) is 0.528. The lowest BCUT2D eigenvalue weighted by molar-refractivity contribution is -0.139. The van der Waals surface area contributed by atoms with Crippen LogP contribution >= 0.6 is 12.6 Å². The van der Waals surface area contributed by atoms with Crippen LogP contribution in [0.1, 0.15) is 22.3 Å². The summed E-state index contributed by atoms with van der Waals surface area (Å²) in [6.07, 6.45) is 0.178. The van der Waals surface area contributed by atoms with Gasteiger partial charge in [0.2, 0.25) is 0 Å². The highest BCUT2D eigenvalue weighted by Gasteiger charge is 2.21. The first-order chi connectivity index (χ1) is 8.45. The van der Waals surface area contributed by atoms with Gasteiger partial charge in [0.05, 0.1) is 5.56 Å². The van der Waals surface area contributed by atoms with Gasteiger partial charge in [0.15, 0.2) is 0 Å². The van der Waals surface area contributed by atoms with Crippen molar-refractivity contribution in [1.29, 1.82) is 0 Å². The molecule has 0 heterocycles. The fourth-order valence-electron chi connectivity index (χ4n) is 1.43. The monoisotopic (exact) mass is 271 g/mol. The average molecular weight is 271 g/mol. The molecule has 2 N–H and O–H groups in total. The predicted octanol–water partition coefficient (Wildman–Crippen LogP) is 1.64. The third-order valence-corrected chi connectivity index (χ3v) is 2.65. The summed E-state index contributed by atoms with van der Waals surface area (Å²) >= 11 is 3.91. The van der Waals surface area contributed by atoms with E-state index in [1.54, 1.807) is 13.0 Å². The maximum absolute atomic E-state index is 13.5. The second-order valence-electron chi connectivity index (χ2n) is 3.86. The summed E-state index contributed by atoms with van der Waals surface area (Å²) in [6.45, 7) is 1.70. The molecule has 1 rings (SSSR count). The van der Waals surface area contributed by atoms with Gasteiger partial charge in [-0.15, -0.1) is 0 Å². The van der Waals surface area contributed by atoms with Crippen LogP contribution < -0.4 is 5.32 Å². The van der Waals surface area contributed by atoms with E-state index >= 15 is 0 Å². The molecule has 0 aliphatic carbocycles. The van der Waals surface area contributed by atoms with Crippen LogP contribution in [0.2, 0.25) is 0 Å². The molecule has 1 aromatic carbocycles. The normalized spacial score (nSPS) is 11.9. The van der Waals surface area contributed by atoms with Crippen LogP contribution in [-0.4, -0.2) is 28.8 Å². The van der Waals surface area contributed by atoms with Gasteiger partial charge in [-0.25, -0.2) is 9.18 Å². The third-order valence-electron chi connectivity index (χ3n) is 2.39. The van der Waals surface area contributed by atoms with Gasteiger partial charge in [-0.05, 0) is 36.8 Å². The summed E-state index contributed by atoms with van der Waals surface area (Å²) in [4.78, 5) is 22.6. The summed E-state index contributed by atoms with van der Waals surface area (Å²) in [6, 6.07) is 3.09. The van der Waals surface area contributed by atoms with Crippen LogP contribution in [0.5, 0.6) is 0 Å². The van der Waals surface area contributed by atoms with Crippen molar-refractivity contribution in [3.8, 4) is 0 Å². The van der Waals surface area contributed by atoms with Gasteiger partial charge >= 0.3 is 5.97 Å². The Morgan fingerprint density at radius 2 is 2.17 bits per heavy atom. The van der Waals surface area contributed by atoms with Crippen LogP contribution in [0.25, 0.3) is 0 Å². The van der Waals surface area contributed by atoms with Gasteiger partial charge in [-0.3, -0.25) is 4.79 Å². The number of rotatable bonds is 5. The Morgan fingerprint density at radius 3 is 2.67 bits per heavy atom. The van der Waals surface area contributed by atoms with Crippen LogP contribution in [0.15, 0.2) is 18.2 Å². The Bertz CT molecular complexity index is 465. The Labute approximate surface area is 110 Å². The van der Waals surface area contributed by atoms with Crippen molar-refractivity contribution in [1.82, 2.24) is 5.32 Å². The summed E-state index contributed by atoms with van der Waals surface area (Å²) in [5, 5.41) is 11.1. The first kappa shape index (κ1) is 14.5. The number of benzene rings is 1. The summed E-state index contributed by atoms with van der Waals surface area (Å²) < 4.78 is 13.5. The van der Waals surface area contributed by atoms with E-state index in [1.165, 1.54) is 12.1 Å². The molecule has 6 heteroatoms. The molecule has 4 nitrogen and oxygen atoms in total. The molecule has 0 saturated carbocycles. The van der Waals surface area contributed by atoms with Gasteiger partial charge in [-0.2, -0.15) is 12.6 Å². The Hall–Kier alpha value is -1.56. The molecule has 0 aliphatic heterocycles. The average Bonchev–Trinajstić information content (AvgIpc) is 2.27. The van der Waals surface area contributed by atoms with E-state index in [4.69, 9.17) is 5.11 Å². The molecular formula is C12H14FNO3S.